The molecule has 55 heavy (non-hydrogen) atoms. The average molecular weight is 860 g/mol. The van der Waals surface area contributed by atoms with E-state index in [0.717, 1.165) is 0 Å². The maximum atomic E-state index is 14.9. The molecule has 312 valence electrons. The molecule has 2 aromatic rings. The molecule has 28 heteroatoms. The van der Waals surface area contributed by atoms with Crippen molar-refractivity contribution in [2.45, 2.75) is 72.3 Å². The topological polar surface area (TPSA) is 29.5 Å². The quantitative estimate of drug-likeness (QED) is 0.232. The van der Waals surface area contributed by atoms with E-state index in [4.69, 9.17) is 0 Å². The summed E-state index contributed by atoms with van der Waals surface area (Å²) in [5.41, 5.74) is -39.8. The van der Waals surface area contributed by atoms with Crippen LogP contribution in [0.15, 0.2) is 42.0 Å². The normalized spacial score (nSPS) is 18.7. The van der Waals surface area contributed by atoms with Crippen molar-refractivity contribution in [1.29, 1.82) is 0 Å². The summed E-state index contributed by atoms with van der Waals surface area (Å²) in [5.74, 6) is -8.90. The summed E-state index contributed by atoms with van der Waals surface area (Å²) in [7, 11) is 0. The van der Waals surface area contributed by atoms with Crippen LogP contribution in [0.5, 0.6) is 0 Å². The van der Waals surface area contributed by atoms with Crippen LogP contribution in [0.1, 0.15) is 39.5 Å². The highest BCUT2D eigenvalue weighted by Crippen LogP contribution is 2.59. The van der Waals surface area contributed by atoms with Crippen molar-refractivity contribution < 1.29 is 124 Å². The Bertz CT molecular complexity index is 1700. The van der Waals surface area contributed by atoms with Gasteiger partial charge in [-0.2, -0.15) is 101 Å². The van der Waals surface area contributed by atoms with Gasteiger partial charge in [-0.25, -0.2) is 13.2 Å². The molecule has 0 bridgehead atoms. The van der Waals surface area contributed by atoms with E-state index in [-0.39, 0.29) is 0 Å². The molecule has 0 radical (unpaired) electrons. The van der Waals surface area contributed by atoms with Crippen LogP contribution in [0.2, 0.25) is 0 Å². The average Bonchev–Trinajstić information content (AvgIpc) is 2.94. The monoisotopic (exact) mass is 860 g/mol. The Morgan fingerprint density at radius 1 is 0.418 bits per heavy atom. The summed E-state index contributed by atoms with van der Waals surface area (Å²) in [5, 5.41) is 10.6. The van der Waals surface area contributed by atoms with E-state index in [1.807, 2.05) is 0 Å². The zero-order valence-electron chi connectivity index (χ0n) is 24.9. The maximum absolute atomic E-state index is 14.9. The summed E-state index contributed by atoms with van der Waals surface area (Å²) < 4.78 is 360. The molecule has 0 amide bonds. The highest BCUT2D eigenvalue weighted by Gasteiger charge is 2.77. The van der Waals surface area contributed by atoms with Crippen molar-refractivity contribution in [3.05, 3.63) is 75.4 Å². The van der Waals surface area contributed by atoms with Gasteiger partial charge in [-0.05, 0) is 42.0 Å². The Morgan fingerprint density at radius 3 is 0.982 bits per heavy atom. The maximum Gasteiger partial charge on any atom is 0.458 e. The number of benzene rings is 2. The molecular weight excluding hydrogens is 850 g/mol. The lowest BCUT2D eigenvalue weighted by Gasteiger charge is -2.36. The van der Waals surface area contributed by atoms with Crippen molar-refractivity contribution >= 4 is 5.76 Å². The molecule has 1 fully saturated rings. The van der Waals surface area contributed by atoms with Gasteiger partial charge in [0.1, 0.15) is 11.9 Å². The minimum atomic E-state index is -7.40. The number of aliphatic hydroxyl groups is 1. The van der Waals surface area contributed by atoms with Gasteiger partial charge in [-0.3, -0.25) is 0 Å². The van der Waals surface area contributed by atoms with Gasteiger partial charge in [-0.1, -0.05) is 0 Å². The fraction of sp³-hybridized carbons (Fsp3) is 0.481. The van der Waals surface area contributed by atoms with Crippen LogP contribution in [0.3, 0.4) is 0 Å². The van der Waals surface area contributed by atoms with Gasteiger partial charge in [0.05, 0.1) is 6.61 Å². The first-order valence-electron chi connectivity index (χ1n) is 13.3. The molecule has 1 aliphatic heterocycles. The highest BCUT2D eigenvalue weighted by molar-refractivity contribution is 5.67. The van der Waals surface area contributed by atoms with Gasteiger partial charge >= 0.3 is 66.2 Å². The predicted octanol–water partition coefficient (Wildman–Crippen LogP) is 12.2. The predicted molar refractivity (Wildman–Crippen MR) is 126 cm³/mol. The molecule has 0 aromatic heterocycles. The van der Waals surface area contributed by atoms with Crippen LogP contribution in [-0.4, -0.2) is 54.9 Å². The van der Waals surface area contributed by atoms with Gasteiger partial charge in [0, 0.05) is 33.4 Å². The second kappa shape index (κ2) is 12.8. The zero-order chi connectivity index (χ0) is 43.4. The van der Waals surface area contributed by atoms with E-state index in [1.54, 1.807) is 0 Å². The summed E-state index contributed by atoms with van der Waals surface area (Å²) in [6.45, 7) is -1.61. The molecule has 2 nitrogen and oxygen atoms in total. The molecule has 2 aromatic carbocycles. The van der Waals surface area contributed by atoms with Crippen molar-refractivity contribution in [2.24, 2.45) is 0 Å². The van der Waals surface area contributed by atoms with Gasteiger partial charge in [0.15, 0.2) is 0 Å². The summed E-state index contributed by atoms with van der Waals surface area (Å²) in [4.78, 5) is 0. The SMILES string of the molecule is O/C(=C1/COC1c1cc(C(F)(F)C(F)(F)F)cc(C(F)(C(F)(F)F)C(F)(F)F)c1)c1cc(C(F)(C(F)(F)F)C(F)(F)F)cc(C(F)(C(F)(F)F)C(F)(F)F)c1. The van der Waals surface area contributed by atoms with Crippen LogP contribution in [0.25, 0.3) is 5.76 Å². The molecular formula is C27H10F26O2. The Labute approximate surface area is 284 Å². The molecule has 1 atom stereocenters. The van der Waals surface area contributed by atoms with E-state index in [2.05, 4.69) is 4.74 Å². The lowest BCUT2D eigenvalue weighted by atomic mass is 9.83. The fourth-order valence-electron chi connectivity index (χ4n) is 4.90. The zero-order valence-corrected chi connectivity index (χ0v) is 24.9. The number of ether oxygens (including phenoxy) is 1. The first kappa shape index (κ1) is 45.5. The number of rotatable bonds is 6. The molecule has 1 N–H and O–H groups in total. The minimum Gasteiger partial charge on any atom is -0.507 e. The molecule has 1 aliphatic rings. The third-order valence-corrected chi connectivity index (χ3v) is 7.75. The Morgan fingerprint density at radius 2 is 0.709 bits per heavy atom. The van der Waals surface area contributed by atoms with E-state index < -0.39 is 160 Å². The van der Waals surface area contributed by atoms with E-state index in [0.29, 0.717) is 0 Å². The summed E-state index contributed by atoms with van der Waals surface area (Å²) in [6.07, 6.45) is -54.1. The van der Waals surface area contributed by atoms with Crippen LogP contribution in [0.4, 0.5) is 114 Å². The summed E-state index contributed by atoms with van der Waals surface area (Å²) in [6, 6.07) is -6.48. The Balaban J connectivity index is 2.53. The van der Waals surface area contributed by atoms with Crippen LogP contribution in [-0.2, 0) is 27.7 Å². The van der Waals surface area contributed by atoms with Crippen LogP contribution < -0.4 is 0 Å². The lowest BCUT2D eigenvalue weighted by Crippen LogP contribution is -2.52. The first-order chi connectivity index (χ1) is 24.0. The Hall–Kier alpha value is -3.88. The van der Waals surface area contributed by atoms with E-state index in [1.165, 1.54) is 0 Å². The molecule has 0 spiro atoms. The van der Waals surface area contributed by atoms with Gasteiger partial charge in [0.2, 0.25) is 0 Å². The van der Waals surface area contributed by atoms with Crippen LogP contribution >= 0.6 is 0 Å². The van der Waals surface area contributed by atoms with E-state index >= 15 is 0 Å². The van der Waals surface area contributed by atoms with Crippen molar-refractivity contribution in [3.8, 4) is 0 Å². The third-order valence-electron chi connectivity index (χ3n) is 7.75. The molecule has 1 saturated heterocycles. The summed E-state index contributed by atoms with van der Waals surface area (Å²) >= 11 is 0. The first-order valence-corrected chi connectivity index (χ1v) is 13.3. The number of alkyl halides is 26. The number of hydrogen-bond donors (Lipinski definition) is 1. The van der Waals surface area contributed by atoms with Gasteiger partial charge < -0.3 is 9.84 Å². The minimum absolute atomic E-state index is 0.705. The standard InChI is InChI=1S/C27H10F26O2/c28-17(21(33,34)35,22(36,37)38)10-1-8(2-11(5-10)18(29,23(39,40)41)24(42,43)44)15(54)14-7-55-16(14)9-3-12(19(30,25(45,46)47)26(48,49)50)6-13(4-9)20(31,32)27(51,52)53/h1-6,16,54H,7H2/b15-14-. The second-order valence-electron chi connectivity index (χ2n) is 11.2. The number of halogens is 26. The number of hydrogen-bond acceptors (Lipinski definition) is 2. The van der Waals surface area contributed by atoms with Crippen molar-refractivity contribution in [3.63, 3.8) is 0 Å². The molecule has 1 heterocycles. The third kappa shape index (κ3) is 7.07. The number of aliphatic hydroxyl groups excluding tert-OH is 1. The largest absolute Gasteiger partial charge is 0.507 e. The van der Waals surface area contributed by atoms with Gasteiger partial charge in [-0.15, -0.1) is 0 Å². The highest BCUT2D eigenvalue weighted by atomic mass is 19.5. The smallest absolute Gasteiger partial charge is 0.458 e. The molecule has 0 aliphatic carbocycles. The van der Waals surface area contributed by atoms with Crippen molar-refractivity contribution in [2.75, 3.05) is 6.61 Å². The van der Waals surface area contributed by atoms with Crippen molar-refractivity contribution in [1.82, 2.24) is 0 Å². The van der Waals surface area contributed by atoms with Crippen LogP contribution in [0, 0.1) is 0 Å². The fourth-order valence-corrected chi connectivity index (χ4v) is 4.90. The Kier molecular flexibility index (Phi) is 10.6. The molecule has 0 saturated carbocycles. The van der Waals surface area contributed by atoms with E-state index in [9.17, 15) is 119 Å². The molecule has 1 unspecified atom stereocenters. The molecule has 3 rings (SSSR count). The van der Waals surface area contributed by atoms with Gasteiger partial charge in [0.25, 0.3) is 0 Å². The lowest BCUT2D eigenvalue weighted by molar-refractivity contribution is -0.351. The second-order valence-corrected chi connectivity index (χ2v) is 11.2.